The Labute approximate surface area is 94.2 Å². The van der Waals surface area contributed by atoms with Gasteiger partial charge in [0.05, 0.1) is 0 Å². The Morgan fingerprint density at radius 1 is 1.53 bits per heavy atom. The maximum absolute atomic E-state index is 11.3. The van der Waals surface area contributed by atoms with Gasteiger partial charge in [0.2, 0.25) is 5.91 Å². The second-order valence-corrected chi connectivity index (χ2v) is 4.08. The van der Waals surface area contributed by atoms with Crippen molar-refractivity contribution in [2.75, 3.05) is 20.1 Å². The minimum absolute atomic E-state index is 0.0282. The van der Waals surface area contributed by atoms with Crippen LogP contribution >= 0.6 is 11.3 Å². The molecule has 0 aliphatic carbocycles. The molecular formula is C11H16N2OS. The summed E-state index contributed by atoms with van der Waals surface area (Å²) >= 11 is 1.62. The second-order valence-electron chi connectivity index (χ2n) is 3.10. The lowest BCUT2D eigenvalue weighted by Gasteiger charge is -2.00. The van der Waals surface area contributed by atoms with Gasteiger partial charge in [-0.3, -0.25) is 4.79 Å². The van der Waals surface area contributed by atoms with Gasteiger partial charge in [-0.2, -0.15) is 0 Å². The van der Waals surface area contributed by atoms with Gasteiger partial charge in [-0.25, -0.2) is 0 Å². The van der Waals surface area contributed by atoms with E-state index in [1.165, 1.54) is 0 Å². The molecule has 0 saturated carbocycles. The van der Waals surface area contributed by atoms with Crippen LogP contribution in [0.5, 0.6) is 0 Å². The summed E-state index contributed by atoms with van der Waals surface area (Å²) in [5, 5.41) is 7.84. The fraction of sp³-hybridized carbons (Fsp3) is 0.364. The second kappa shape index (κ2) is 7.20. The van der Waals surface area contributed by atoms with Crippen LogP contribution < -0.4 is 10.6 Å². The largest absolute Gasteiger partial charge is 0.353 e. The molecule has 4 heteroatoms. The molecule has 2 N–H and O–H groups in total. The Bertz CT molecular complexity index is 306. The maximum Gasteiger partial charge on any atom is 0.244 e. The van der Waals surface area contributed by atoms with Crippen LogP contribution in [0.3, 0.4) is 0 Å². The molecule has 1 rings (SSSR count). The number of carbonyl (C=O) groups excluding carboxylic acids is 1. The number of carbonyl (C=O) groups is 1. The van der Waals surface area contributed by atoms with Crippen LogP contribution in [0.25, 0.3) is 6.08 Å². The minimum atomic E-state index is -0.0282. The molecular weight excluding hydrogens is 208 g/mol. The van der Waals surface area contributed by atoms with E-state index in [0.717, 1.165) is 17.8 Å². The average Bonchev–Trinajstić information content (AvgIpc) is 2.74. The van der Waals surface area contributed by atoms with Crippen LogP contribution in [0, 0.1) is 0 Å². The number of hydrogen-bond donors (Lipinski definition) is 2. The average molecular weight is 224 g/mol. The van der Waals surface area contributed by atoms with E-state index in [0.29, 0.717) is 6.54 Å². The van der Waals surface area contributed by atoms with Crippen LogP contribution in [-0.4, -0.2) is 26.0 Å². The van der Waals surface area contributed by atoms with Crippen LogP contribution in [-0.2, 0) is 4.79 Å². The highest BCUT2D eigenvalue weighted by atomic mass is 32.1. The standard InChI is InChI=1S/C11H16N2OS/c1-12-7-3-8-13-11(14)6-5-10-4-2-9-15-10/h2,4-6,9,12H,3,7-8H2,1H3,(H,13,14)/b6-5+. The molecule has 15 heavy (non-hydrogen) atoms. The molecule has 0 unspecified atom stereocenters. The summed E-state index contributed by atoms with van der Waals surface area (Å²) in [5.74, 6) is -0.0282. The Morgan fingerprint density at radius 2 is 2.40 bits per heavy atom. The van der Waals surface area contributed by atoms with E-state index in [1.54, 1.807) is 17.4 Å². The molecule has 82 valence electrons. The number of amides is 1. The molecule has 0 aliphatic heterocycles. The molecule has 0 bridgehead atoms. The summed E-state index contributed by atoms with van der Waals surface area (Å²) in [6.07, 6.45) is 4.36. The zero-order valence-electron chi connectivity index (χ0n) is 8.82. The zero-order valence-corrected chi connectivity index (χ0v) is 9.64. The zero-order chi connectivity index (χ0) is 10.9. The maximum atomic E-state index is 11.3. The number of thiophene rings is 1. The fourth-order valence-corrected chi connectivity index (χ4v) is 1.70. The van der Waals surface area contributed by atoms with E-state index < -0.39 is 0 Å². The summed E-state index contributed by atoms with van der Waals surface area (Å²) < 4.78 is 0. The van der Waals surface area contributed by atoms with Gasteiger partial charge in [0.25, 0.3) is 0 Å². The van der Waals surface area contributed by atoms with Crippen LogP contribution in [0.4, 0.5) is 0 Å². The van der Waals surface area contributed by atoms with E-state index in [1.807, 2.05) is 30.6 Å². The van der Waals surface area contributed by atoms with Gasteiger partial charge >= 0.3 is 0 Å². The smallest absolute Gasteiger partial charge is 0.244 e. The Kier molecular flexibility index (Phi) is 5.73. The van der Waals surface area contributed by atoms with Crippen molar-refractivity contribution in [3.8, 4) is 0 Å². The summed E-state index contributed by atoms with van der Waals surface area (Å²) in [6, 6.07) is 3.95. The van der Waals surface area contributed by atoms with E-state index in [4.69, 9.17) is 0 Å². The van der Waals surface area contributed by atoms with Gasteiger partial charge in [-0.05, 0) is 37.5 Å². The molecule has 1 aromatic heterocycles. The molecule has 0 radical (unpaired) electrons. The van der Waals surface area contributed by atoms with Crippen molar-refractivity contribution in [1.29, 1.82) is 0 Å². The van der Waals surface area contributed by atoms with Crippen LogP contribution in [0.2, 0.25) is 0 Å². The molecule has 1 heterocycles. The minimum Gasteiger partial charge on any atom is -0.353 e. The van der Waals surface area contributed by atoms with Crippen molar-refractivity contribution in [3.63, 3.8) is 0 Å². The van der Waals surface area contributed by atoms with Gasteiger partial charge < -0.3 is 10.6 Å². The van der Waals surface area contributed by atoms with E-state index >= 15 is 0 Å². The summed E-state index contributed by atoms with van der Waals surface area (Å²) in [5.41, 5.74) is 0. The summed E-state index contributed by atoms with van der Waals surface area (Å²) in [7, 11) is 1.90. The van der Waals surface area contributed by atoms with Crippen LogP contribution in [0.15, 0.2) is 23.6 Å². The van der Waals surface area contributed by atoms with Crippen molar-refractivity contribution in [2.24, 2.45) is 0 Å². The van der Waals surface area contributed by atoms with Crippen LogP contribution in [0.1, 0.15) is 11.3 Å². The molecule has 1 amide bonds. The highest BCUT2D eigenvalue weighted by Crippen LogP contribution is 2.09. The van der Waals surface area contributed by atoms with Gasteiger partial charge in [0.1, 0.15) is 0 Å². The topological polar surface area (TPSA) is 41.1 Å². The molecule has 0 fully saturated rings. The first-order valence-corrected chi connectivity index (χ1v) is 5.85. The van der Waals surface area contributed by atoms with Crippen molar-refractivity contribution in [2.45, 2.75) is 6.42 Å². The van der Waals surface area contributed by atoms with E-state index in [9.17, 15) is 4.79 Å². The third-order valence-corrected chi connectivity index (χ3v) is 2.68. The lowest BCUT2D eigenvalue weighted by atomic mass is 10.4. The van der Waals surface area contributed by atoms with Gasteiger partial charge in [0, 0.05) is 17.5 Å². The number of nitrogens with one attached hydrogen (secondary N) is 2. The number of rotatable bonds is 6. The lowest BCUT2D eigenvalue weighted by Crippen LogP contribution is -2.24. The van der Waals surface area contributed by atoms with Crippen molar-refractivity contribution in [3.05, 3.63) is 28.5 Å². The first-order valence-electron chi connectivity index (χ1n) is 4.97. The Balaban J connectivity index is 2.18. The molecule has 0 aliphatic rings. The third-order valence-electron chi connectivity index (χ3n) is 1.84. The number of hydrogen-bond acceptors (Lipinski definition) is 3. The first kappa shape index (κ1) is 11.9. The summed E-state index contributed by atoms with van der Waals surface area (Å²) in [4.78, 5) is 12.4. The molecule has 0 spiro atoms. The summed E-state index contributed by atoms with van der Waals surface area (Å²) in [6.45, 7) is 1.64. The molecule has 1 aromatic rings. The van der Waals surface area contributed by atoms with Gasteiger partial charge in [-0.15, -0.1) is 11.3 Å². The Hall–Kier alpha value is -1.13. The molecule has 0 aromatic carbocycles. The molecule has 3 nitrogen and oxygen atoms in total. The fourth-order valence-electron chi connectivity index (χ4n) is 1.08. The van der Waals surface area contributed by atoms with Gasteiger partial charge in [0.15, 0.2) is 0 Å². The third kappa shape index (κ3) is 5.34. The SMILES string of the molecule is CNCCCNC(=O)/C=C/c1cccs1. The molecule has 0 saturated heterocycles. The predicted octanol–water partition coefficient (Wildman–Crippen LogP) is 1.49. The lowest BCUT2D eigenvalue weighted by molar-refractivity contribution is -0.116. The Morgan fingerprint density at radius 3 is 3.07 bits per heavy atom. The highest BCUT2D eigenvalue weighted by Gasteiger charge is 1.94. The van der Waals surface area contributed by atoms with E-state index in [-0.39, 0.29) is 5.91 Å². The van der Waals surface area contributed by atoms with Crippen molar-refractivity contribution >= 4 is 23.3 Å². The monoisotopic (exact) mass is 224 g/mol. The highest BCUT2D eigenvalue weighted by molar-refractivity contribution is 7.10. The molecule has 0 atom stereocenters. The first-order chi connectivity index (χ1) is 7.33. The predicted molar refractivity (Wildman–Crippen MR) is 64.9 cm³/mol. The van der Waals surface area contributed by atoms with Crippen molar-refractivity contribution < 1.29 is 4.79 Å². The van der Waals surface area contributed by atoms with Crippen molar-refractivity contribution in [1.82, 2.24) is 10.6 Å². The van der Waals surface area contributed by atoms with Gasteiger partial charge in [-0.1, -0.05) is 6.07 Å². The van der Waals surface area contributed by atoms with E-state index in [2.05, 4.69) is 10.6 Å². The quantitative estimate of drug-likeness (QED) is 0.568. The normalized spacial score (nSPS) is 10.7.